The van der Waals surface area contributed by atoms with Crippen molar-refractivity contribution in [1.82, 2.24) is 10.1 Å². The van der Waals surface area contributed by atoms with E-state index in [1.807, 2.05) is 12.1 Å². The lowest BCUT2D eigenvalue weighted by Gasteiger charge is -1.99. The first kappa shape index (κ1) is 11.4. The van der Waals surface area contributed by atoms with E-state index in [0.29, 0.717) is 12.4 Å². The molecule has 1 fully saturated rings. The minimum absolute atomic E-state index is 0.154. The summed E-state index contributed by atoms with van der Waals surface area (Å²) in [7, 11) is 0. The van der Waals surface area contributed by atoms with Gasteiger partial charge in [-0.15, -0.1) is 0 Å². The van der Waals surface area contributed by atoms with E-state index in [-0.39, 0.29) is 5.41 Å². The predicted molar refractivity (Wildman–Crippen MR) is 69.1 cm³/mol. The Kier molecular flexibility index (Phi) is 2.67. The van der Waals surface area contributed by atoms with Crippen LogP contribution in [0.2, 0.25) is 0 Å². The molecule has 1 aliphatic rings. The quantitative estimate of drug-likeness (QED) is 0.894. The summed E-state index contributed by atoms with van der Waals surface area (Å²) < 4.78 is 5.33. The summed E-state index contributed by atoms with van der Waals surface area (Å²) in [6, 6.07) is 8.14. The maximum atomic E-state index is 5.53. The van der Waals surface area contributed by atoms with Gasteiger partial charge in [-0.2, -0.15) is 4.98 Å². The fourth-order valence-electron chi connectivity index (χ4n) is 1.98. The smallest absolute Gasteiger partial charge is 0.257 e. The Labute approximate surface area is 106 Å². The first-order valence-corrected chi connectivity index (χ1v) is 6.35. The van der Waals surface area contributed by atoms with Gasteiger partial charge in [-0.25, -0.2) is 0 Å². The van der Waals surface area contributed by atoms with Gasteiger partial charge >= 0.3 is 0 Å². The van der Waals surface area contributed by atoms with Gasteiger partial charge in [0, 0.05) is 11.0 Å². The molecular formula is C14H17N3O. The van der Waals surface area contributed by atoms with Crippen LogP contribution in [0.4, 0.5) is 0 Å². The molecule has 1 heterocycles. The van der Waals surface area contributed by atoms with Gasteiger partial charge < -0.3 is 10.3 Å². The second-order valence-electron chi connectivity index (χ2n) is 5.22. The highest BCUT2D eigenvalue weighted by Crippen LogP contribution is 2.46. The normalized spacial score (nSPS) is 16.8. The van der Waals surface area contributed by atoms with E-state index < -0.39 is 0 Å². The van der Waals surface area contributed by atoms with E-state index >= 15 is 0 Å². The molecule has 1 aromatic carbocycles. The Hall–Kier alpha value is -1.68. The van der Waals surface area contributed by atoms with Crippen molar-refractivity contribution in [3.63, 3.8) is 0 Å². The molecule has 1 saturated carbocycles. The molecule has 0 saturated heterocycles. The average molecular weight is 243 g/mol. The van der Waals surface area contributed by atoms with Crippen LogP contribution in [0.3, 0.4) is 0 Å². The standard InChI is InChI=1S/C14H17N3O/c1-14(7-8-14)13-16-12(18-17-13)11-4-2-10(3-5-11)6-9-15/h2-5H,6-9,15H2,1H3. The molecule has 3 rings (SSSR count). The summed E-state index contributed by atoms with van der Waals surface area (Å²) in [6.07, 6.45) is 3.20. The zero-order valence-corrected chi connectivity index (χ0v) is 10.5. The summed E-state index contributed by atoms with van der Waals surface area (Å²) in [5.74, 6) is 1.45. The van der Waals surface area contributed by atoms with Gasteiger partial charge in [-0.1, -0.05) is 24.2 Å². The van der Waals surface area contributed by atoms with Gasteiger partial charge in [-0.3, -0.25) is 0 Å². The monoisotopic (exact) mass is 243 g/mol. The van der Waals surface area contributed by atoms with Crippen LogP contribution in [0.1, 0.15) is 31.2 Å². The zero-order chi connectivity index (χ0) is 12.6. The van der Waals surface area contributed by atoms with Crippen molar-refractivity contribution in [2.24, 2.45) is 5.73 Å². The first-order valence-electron chi connectivity index (χ1n) is 6.35. The molecule has 0 radical (unpaired) electrons. The van der Waals surface area contributed by atoms with Crippen molar-refractivity contribution >= 4 is 0 Å². The van der Waals surface area contributed by atoms with Crippen LogP contribution < -0.4 is 5.73 Å². The Morgan fingerprint density at radius 1 is 1.28 bits per heavy atom. The van der Waals surface area contributed by atoms with E-state index in [0.717, 1.165) is 30.7 Å². The molecule has 0 spiro atoms. The van der Waals surface area contributed by atoms with E-state index in [2.05, 4.69) is 29.2 Å². The summed E-state index contributed by atoms with van der Waals surface area (Å²) in [6.45, 7) is 2.84. The highest BCUT2D eigenvalue weighted by Gasteiger charge is 2.43. The lowest BCUT2D eigenvalue weighted by atomic mass is 10.1. The van der Waals surface area contributed by atoms with E-state index in [1.54, 1.807) is 0 Å². The van der Waals surface area contributed by atoms with Crippen LogP contribution in [-0.4, -0.2) is 16.7 Å². The third-order valence-corrected chi connectivity index (χ3v) is 3.60. The van der Waals surface area contributed by atoms with Gasteiger partial charge in [0.1, 0.15) is 0 Å². The van der Waals surface area contributed by atoms with Crippen LogP contribution in [0, 0.1) is 0 Å². The SMILES string of the molecule is CC1(c2noc(-c3ccc(CCN)cc3)n2)CC1. The Morgan fingerprint density at radius 3 is 2.61 bits per heavy atom. The summed E-state index contributed by atoms with van der Waals surface area (Å²) in [5, 5.41) is 4.08. The Morgan fingerprint density at radius 2 is 2.00 bits per heavy atom. The van der Waals surface area contributed by atoms with Gasteiger partial charge in [0.25, 0.3) is 5.89 Å². The topological polar surface area (TPSA) is 64.9 Å². The lowest BCUT2D eigenvalue weighted by Crippen LogP contribution is -2.02. The number of hydrogen-bond acceptors (Lipinski definition) is 4. The molecule has 2 N–H and O–H groups in total. The first-order chi connectivity index (χ1) is 8.71. The average Bonchev–Trinajstić information content (AvgIpc) is 2.95. The third-order valence-electron chi connectivity index (χ3n) is 3.60. The number of benzene rings is 1. The van der Waals surface area contributed by atoms with Crippen LogP contribution >= 0.6 is 0 Å². The number of nitrogens with zero attached hydrogens (tertiary/aromatic N) is 2. The number of hydrogen-bond donors (Lipinski definition) is 1. The number of aromatic nitrogens is 2. The van der Waals surface area contributed by atoms with Gasteiger partial charge in [0.05, 0.1) is 0 Å². The maximum absolute atomic E-state index is 5.53. The highest BCUT2D eigenvalue weighted by molar-refractivity contribution is 5.53. The molecule has 4 nitrogen and oxygen atoms in total. The Balaban J connectivity index is 1.83. The van der Waals surface area contributed by atoms with E-state index in [4.69, 9.17) is 10.3 Å². The maximum Gasteiger partial charge on any atom is 0.257 e. The lowest BCUT2D eigenvalue weighted by molar-refractivity contribution is 0.416. The van der Waals surface area contributed by atoms with Crippen molar-refractivity contribution in [2.45, 2.75) is 31.6 Å². The predicted octanol–water partition coefficient (Wildman–Crippen LogP) is 2.29. The van der Waals surface area contributed by atoms with Crippen molar-refractivity contribution in [2.75, 3.05) is 6.54 Å². The number of rotatable bonds is 4. The molecule has 0 unspecified atom stereocenters. The summed E-state index contributed by atoms with van der Waals surface area (Å²) in [4.78, 5) is 4.49. The van der Waals surface area contributed by atoms with Crippen LogP contribution in [0.25, 0.3) is 11.5 Å². The highest BCUT2D eigenvalue weighted by atomic mass is 16.5. The summed E-state index contributed by atoms with van der Waals surface area (Å²) in [5.41, 5.74) is 7.88. The minimum atomic E-state index is 0.154. The molecular weight excluding hydrogens is 226 g/mol. The molecule has 0 amide bonds. The van der Waals surface area contributed by atoms with E-state index in [1.165, 1.54) is 5.56 Å². The molecule has 1 aliphatic carbocycles. The minimum Gasteiger partial charge on any atom is -0.334 e. The molecule has 1 aromatic heterocycles. The fraction of sp³-hybridized carbons (Fsp3) is 0.429. The number of nitrogens with two attached hydrogens (primary N) is 1. The van der Waals surface area contributed by atoms with Crippen LogP contribution in [-0.2, 0) is 11.8 Å². The van der Waals surface area contributed by atoms with Crippen molar-refractivity contribution < 1.29 is 4.52 Å². The molecule has 0 bridgehead atoms. The van der Waals surface area contributed by atoms with Crippen molar-refractivity contribution in [3.05, 3.63) is 35.7 Å². The van der Waals surface area contributed by atoms with Crippen molar-refractivity contribution in [1.29, 1.82) is 0 Å². The molecule has 4 heteroatoms. The van der Waals surface area contributed by atoms with Crippen LogP contribution in [0.15, 0.2) is 28.8 Å². The van der Waals surface area contributed by atoms with Crippen LogP contribution in [0.5, 0.6) is 0 Å². The van der Waals surface area contributed by atoms with Gasteiger partial charge in [0.2, 0.25) is 0 Å². The molecule has 2 aromatic rings. The molecule has 18 heavy (non-hydrogen) atoms. The second-order valence-corrected chi connectivity index (χ2v) is 5.22. The molecule has 0 aliphatic heterocycles. The zero-order valence-electron chi connectivity index (χ0n) is 10.5. The largest absolute Gasteiger partial charge is 0.334 e. The second kappa shape index (κ2) is 4.21. The van der Waals surface area contributed by atoms with Gasteiger partial charge in [0.15, 0.2) is 5.82 Å². The fourth-order valence-corrected chi connectivity index (χ4v) is 1.98. The Bertz CT molecular complexity index is 540. The third kappa shape index (κ3) is 2.04. The van der Waals surface area contributed by atoms with E-state index in [9.17, 15) is 0 Å². The molecule has 0 atom stereocenters. The summed E-state index contributed by atoms with van der Waals surface area (Å²) >= 11 is 0. The van der Waals surface area contributed by atoms with Crippen molar-refractivity contribution in [3.8, 4) is 11.5 Å². The van der Waals surface area contributed by atoms with Gasteiger partial charge in [-0.05, 0) is 43.5 Å². The molecule has 94 valence electrons.